The number of hydrogen-bond acceptors (Lipinski definition) is 12. The Hall–Kier alpha value is -5.95. The number of piperidine rings is 1. The minimum absolute atomic E-state index is 0. The maximum absolute atomic E-state index is 13.2. The third kappa shape index (κ3) is 14.7. The Kier molecular flexibility index (Phi) is 19.5. The number of piperazine rings is 1. The summed E-state index contributed by atoms with van der Waals surface area (Å²) in [6.07, 6.45) is 10.9. The third-order valence-electron chi connectivity index (χ3n) is 12.3. The molecule has 14 nitrogen and oxygen atoms in total. The second-order valence-electron chi connectivity index (χ2n) is 19.8. The van der Waals surface area contributed by atoms with Gasteiger partial charge in [0, 0.05) is 84.8 Å². The molecule has 20 heteroatoms. The maximum atomic E-state index is 13.2. The highest BCUT2D eigenvalue weighted by Crippen LogP contribution is 2.46. The Morgan fingerprint density at radius 1 is 0.720 bits per heavy atom. The van der Waals surface area contributed by atoms with Crippen LogP contribution in [0.3, 0.4) is 0 Å². The molecule has 0 N–H and O–H groups in total. The summed E-state index contributed by atoms with van der Waals surface area (Å²) in [4.78, 5) is 51.9. The lowest BCUT2D eigenvalue weighted by Gasteiger charge is -2.40. The van der Waals surface area contributed by atoms with Gasteiger partial charge in [0.1, 0.15) is 11.2 Å². The number of ether oxygens (including phenoxy) is 3. The van der Waals surface area contributed by atoms with Crippen LogP contribution in [0, 0.1) is 5.92 Å². The molecule has 0 radical (unpaired) electrons. The van der Waals surface area contributed by atoms with Crippen molar-refractivity contribution in [3.8, 4) is 0 Å². The molecule has 2 amide bonds. The lowest BCUT2D eigenvalue weighted by molar-refractivity contribution is -0.137. The molecule has 2 aliphatic heterocycles. The van der Waals surface area contributed by atoms with Gasteiger partial charge in [-0.25, -0.2) is 14.4 Å². The first-order valence-corrected chi connectivity index (χ1v) is 26.0. The molecule has 4 aliphatic rings. The van der Waals surface area contributed by atoms with E-state index < -0.39 is 44.7 Å². The molecule has 2 aromatic heterocycles. The van der Waals surface area contributed by atoms with E-state index in [-0.39, 0.29) is 49.3 Å². The summed E-state index contributed by atoms with van der Waals surface area (Å²) in [5.74, 6) is -0.597. The number of fused-ring (bicyclic) bond motifs is 4. The first-order chi connectivity index (χ1) is 34.3. The molecule has 406 valence electrons. The summed E-state index contributed by atoms with van der Waals surface area (Å²) >= 11 is 12.6. The predicted molar refractivity (Wildman–Crippen MR) is 286 cm³/mol. The Morgan fingerprint density at radius 2 is 1.24 bits per heavy atom. The number of pyridine rings is 2. The number of likely N-dealkylation sites (tertiary alicyclic amines) is 1. The van der Waals surface area contributed by atoms with Crippen molar-refractivity contribution >= 4 is 75.0 Å². The molecule has 2 fully saturated rings. The van der Waals surface area contributed by atoms with E-state index in [0.717, 1.165) is 40.8 Å². The van der Waals surface area contributed by atoms with Crippen molar-refractivity contribution in [1.29, 1.82) is 0 Å². The van der Waals surface area contributed by atoms with E-state index in [1.807, 2.05) is 50.1 Å². The van der Waals surface area contributed by atoms with Crippen LogP contribution in [-0.2, 0) is 33.3 Å². The Bertz CT molecular complexity index is 2920. The lowest BCUT2D eigenvalue weighted by atomic mass is 9.76. The maximum Gasteiger partial charge on any atom is 0.534 e. The summed E-state index contributed by atoms with van der Waals surface area (Å²) in [5, 5.41) is 0.812. The average molecular weight is 1100 g/mol. The molecule has 2 atom stereocenters. The summed E-state index contributed by atoms with van der Waals surface area (Å²) < 4.78 is 84.2. The molecule has 2 unspecified atom stereocenters. The van der Waals surface area contributed by atoms with Gasteiger partial charge in [0.15, 0.2) is 5.76 Å². The van der Waals surface area contributed by atoms with Crippen LogP contribution in [0.2, 0.25) is 10.0 Å². The van der Waals surface area contributed by atoms with Crippen LogP contribution in [-0.4, -0.2) is 114 Å². The highest BCUT2D eigenvalue weighted by Gasteiger charge is 2.49. The number of alkyl halides is 3. The number of aromatic nitrogens is 2. The average Bonchev–Trinajstić information content (AvgIpc) is 3.53. The normalized spacial score (nSPS) is 18.0. The SMILES string of the molecule is C.C.CC(C)(C)OC(=O)N1CCN(C2c3ccc(Cl)cc3C(OS(=O)(=O)C(F)(F)F)=Cc3cccnc32)CC1.CCOC(=O)/C=C/C1=Cc2cccnc2C(C2CCN(C(=O)OC(C)(C)C)CC2)c2ccc(Cl)cc21. The molecule has 0 saturated carbocycles. The number of carbonyl (C=O) groups is 3. The van der Waals surface area contributed by atoms with Crippen molar-refractivity contribution in [2.24, 2.45) is 5.92 Å². The van der Waals surface area contributed by atoms with Crippen molar-refractivity contribution in [3.05, 3.63) is 140 Å². The van der Waals surface area contributed by atoms with E-state index >= 15 is 0 Å². The highest BCUT2D eigenvalue weighted by atomic mass is 35.5. The zero-order valence-corrected chi connectivity index (χ0v) is 43.9. The van der Waals surface area contributed by atoms with Gasteiger partial charge in [-0.15, -0.1) is 0 Å². The van der Waals surface area contributed by atoms with Crippen LogP contribution >= 0.6 is 23.2 Å². The van der Waals surface area contributed by atoms with Crippen LogP contribution in [0.25, 0.3) is 23.5 Å². The van der Waals surface area contributed by atoms with Gasteiger partial charge in [-0.2, -0.15) is 21.6 Å². The van der Waals surface area contributed by atoms with E-state index in [1.165, 1.54) is 18.2 Å². The first-order valence-electron chi connectivity index (χ1n) is 23.8. The quantitative estimate of drug-likeness (QED) is 0.0568. The summed E-state index contributed by atoms with van der Waals surface area (Å²) in [7, 11) is -5.95. The zero-order chi connectivity index (χ0) is 53.0. The topological polar surface area (TPSA) is 158 Å². The summed E-state index contributed by atoms with van der Waals surface area (Å²) in [6.45, 7) is 15.8. The van der Waals surface area contributed by atoms with E-state index in [4.69, 9.17) is 42.4 Å². The first kappa shape index (κ1) is 59.9. The molecule has 2 aromatic carbocycles. The number of hydrogen-bond donors (Lipinski definition) is 0. The van der Waals surface area contributed by atoms with Gasteiger partial charge in [0.2, 0.25) is 0 Å². The van der Waals surface area contributed by atoms with Crippen LogP contribution < -0.4 is 0 Å². The van der Waals surface area contributed by atoms with Crippen molar-refractivity contribution in [2.45, 2.75) is 105 Å². The Labute approximate surface area is 448 Å². The highest BCUT2D eigenvalue weighted by molar-refractivity contribution is 7.87. The van der Waals surface area contributed by atoms with Gasteiger partial charge in [0.05, 0.1) is 24.0 Å². The van der Waals surface area contributed by atoms with Gasteiger partial charge in [-0.1, -0.05) is 62.3 Å². The molecule has 0 spiro atoms. The summed E-state index contributed by atoms with van der Waals surface area (Å²) in [5.41, 5.74) is -0.352. The number of carbonyl (C=O) groups excluding carboxylic acids is 3. The number of rotatable bonds is 7. The smallest absolute Gasteiger partial charge is 0.463 e. The number of esters is 1. The number of amides is 2. The minimum atomic E-state index is -5.95. The largest absolute Gasteiger partial charge is 0.534 e. The van der Waals surface area contributed by atoms with Crippen LogP contribution in [0.4, 0.5) is 22.8 Å². The molecule has 2 saturated heterocycles. The number of allylic oxidation sites excluding steroid dienone is 2. The molecule has 8 rings (SSSR count). The third-order valence-corrected chi connectivity index (χ3v) is 13.7. The fourth-order valence-electron chi connectivity index (χ4n) is 9.18. The van der Waals surface area contributed by atoms with E-state index in [9.17, 15) is 36.0 Å². The van der Waals surface area contributed by atoms with Crippen LogP contribution in [0.5, 0.6) is 0 Å². The molecular weight excluding hydrogens is 1030 g/mol. The van der Waals surface area contributed by atoms with Crippen molar-refractivity contribution in [3.63, 3.8) is 0 Å². The molecule has 2 aliphatic carbocycles. The molecule has 4 aromatic rings. The Morgan fingerprint density at radius 3 is 1.79 bits per heavy atom. The summed E-state index contributed by atoms with van der Waals surface area (Å²) in [6, 6.07) is 17.1. The van der Waals surface area contributed by atoms with Crippen LogP contribution in [0.15, 0.2) is 85.2 Å². The fraction of sp³-hybridized carbons (Fsp3) is 0.436. The van der Waals surface area contributed by atoms with Crippen molar-refractivity contribution in [2.75, 3.05) is 45.9 Å². The lowest BCUT2D eigenvalue weighted by Crippen LogP contribution is -2.51. The second-order valence-corrected chi connectivity index (χ2v) is 22.2. The van der Waals surface area contributed by atoms with Gasteiger partial charge < -0.3 is 28.2 Å². The van der Waals surface area contributed by atoms with E-state index in [1.54, 1.807) is 74.0 Å². The van der Waals surface area contributed by atoms with Gasteiger partial charge in [-0.3, -0.25) is 14.9 Å². The monoisotopic (exact) mass is 1100 g/mol. The van der Waals surface area contributed by atoms with Crippen molar-refractivity contribution < 1.29 is 54.4 Å². The molecular formula is C55H66Cl2F3N5O9S. The molecule has 75 heavy (non-hydrogen) atoms. The molecule has 4 heterocycles. The number of nitrogens with zero attached hydrogens (tertiary/aromatic N) is 5. The van der Waals surface area contributed by atoms with Crippen LogP contribution in [0.1, 0.15) is 133 Å². The number of benzene rings is 2. The Balaban J connectivity index is 0.000000270. The predicted octanol–water partition coefficient (Wildman–Crippen LogP) is 12.8. The molecule has 0 bridgehead atoms. The van der Waals surface area contributed by atoms with E-state index in [0.29, 0.717) is 67.7 Å². The minimum Gasteiger partial charge on any atom is -0.463 e. The van der Waals surface area contributed by atoms with Gasteiger partial charge in [0.25, 0.3) is 0 Å². The van der Waals surface area contributed by atoms with Gasteiger partial charge in [-0.05, 0) is 150 Å². The fourth-order valence-corrected chi connectivity index (χ4v) is 9.99. The van der Waals surface area contributed by atoms with Gasteiger partial charge >= 0.3 is 33.8 Å². The zero-order valence-electron chi connectivity index (χ0n) is 41.5. The second kappa shape index (κ2) is 24.4. The number of halogens is 5. The van der Waals surface area contributed by atoms with E-state index in [2.05, 4.69) is 27.4 Å². The van der Waals surface area contributed by atoms with Crippen molar-refractivity contribution in [1.82, 2.24) is 24.7 Å². The standard InChI is InChI=1S/C29H33ClN2O4.C24H25ClF3N3O5S.2CH4/c1-5-35-25(33)11-8-20-17-21-7-6-14-31-27(21)26(23-10-9-22(30)18-24(20)23)19-12-15-32(16-13-19)28(34)36-29(2,3)4;1-23(2,3)35-22(32)31-11-9-30(10-12-31)21-17-7-6-16(25)14-18(17)19(36-37(33,34)24(26,27)28)13-15-5-4-8-29-20(15)21;;/h6-11,14,17-19,26H,5,12-13,15-16H2,1-4H3;4-8,13-14,21H,9-12H2,1-3H3;2*1H4/b11-8+;;;.